The molecule has 1 aliphatic heterocycles. The number of benzene rings is 1. The molecule has 0 amide bonds. The van der Waals surface area contributed by atoms with Crippen molar-refractivity contribution in [2.24, 2.45) is 0 Å². The topological polar surface area (TPSA) is 38.5 Å². The number of nitrogen functional groups attached to an aromatic ring is 1. The molecule has 0 atom stereocenters. The van der Waals surface area contributed by atoms with Crippen molar-refractivity contribution >= 4 is 23.0 Å². The van der Waals surface area contributed by atoms with Crippen molar-refractivity contribution < 1.29 is 4.74 Å². The van der Waals surface area contributed by atoms with Gasteiger partial charge in [0.2, 0.25) is 0 Å². The second kappa shape index (κ2) is 4.07. The van der Waals surface area contributed by atoms with Crippen molar-refractivity contribution in [1.82, 2.24) is 0 Å². The van der Waals surface area contributed by atoms with Crippen LogP contribution in [0.15, 0.2) is 18.2 Å². The van der Waals surface area contributed by atoms with E-state index in [0.717, 1.165) is 42.7 Å². The second-order valence-corrected chi connectivity index (χ2v) is 3.74. The molecule has 1 aromatic rings. The van der Waals surface area contributed by atoms with E-state index < -0.39 is 0 Å². The molecule has 0 aromatic heterocycles. The summed E-state index contributed by atoms with van der Waals surface area (Å²) in [5.74, 6) is 0. The Balaban J connectivity index is 2.24. The summed E-state index contributed by atoms with van der Waals surface area (Å²) in [6, 6.07) is 5.55. The lowest BCUT2D eigenvalue weighted by atomic mass is 10.2. The first-order chi connectivity index (χ1) is 6.77. The Labute approximate surface area is 88.4 Å². The molecule has 3 nitrogen and oxygen atoms in total. The minimum Gasteiger partial charge on any atom is -0.397 e. The van der Waals surface area contributed by atoms with Gasteiger partial charge in [0, 0.05) is 18.1 Å². The van der Waals surface area contributed by atoms with Gasteiger partial charge in [-0.2, -0.15) is 0 Å². The summed E-state index contributed by atoms with van der Waals surface area (Å²) < 4.78 is 5.28. The van der Waals surface area contributed by atoms with E-state index in [-0.39, 0.29) is 0 Å². The molecule has 2 rings (SSSR count). The minimum absolute atomic E-state index is 0.723. The first-order valence-electron chi connectivity index (χ1n) is 4.65. The predicted molar refractivity (Wildman–Crippen MR) is 58.9 cm³/mol. The molecule has 0 unspecified atom stereocenters. The van der Waals surface area contributed by atoms with Crippen LogP contribution < -0.4 is 10.6 Å². The number of anilines is 2. The fourth-order valence-corrected chi connectivity index (χ4v) is 1.76. The van der Waals surface area contributed by atoms with Gasteiger partial charge in [0.25, 0.3) is 0 Å². The van der Waals surface area contributed by atoms with Crippen molar-refractivity contribution in [1.29, 1.82) is 0 Å². The molecule has 76 valence electrons. The van der Waals surface area contributed by atoms with Crippen LogP contribution in [0.3, 0.4) is 0 Å². The maximum atomic E-state index is 5.92. The Morgan fingerprint density at radius 1 is 1.29 bits per heavy atom. The molecule has 2 N–H and O–H groups in total. The highest BCUT2D eigenvalue weighted by molar-refractivity contribution is 6.31. The molecule has 1 saturated heterocycles. The van der Waals surface area contributed by atoms with Gasteiger partial charge in [-0.05, 0) is 18.2 Å². The van der Waals surface area contributed by atoms with Gasteiger partial charge in [-0.1, -0.05) is 11.6 Å². The van der Waals surface area contributed by atoms with Crippen molar-refractivity contribution in [2.45, 2.75) is 0 Å². The van der Waals surface area contributed by atoms with Gasteiger partial charge in [0.1, 0.15) is 0 Å². The Bertz CT molecular complexity index is 324. The maximum absolute atomic E-state index is 5.92. The first kappa shape index (κ1) is 9.62. The molecule has 0 spiro atoms. The fraction of sp³-hybridized carbons (Fsp3) is 0.400. The predicted octanol–water partition coefficient (Wildman–Crippen LogP) is 1.76. The normalized spacial score (nSPS) is 17.1. The highest BCUT2D eigenvalue weighted by Crippen LogP contribution is 2.27. The van der Waals surface area contributed by atoms with Gasteiger partial charge in [-0.25, -0.2) is 0 Å². The van der Waals surface area contributed by atoms with E-state index in [4.69, 9.17) is 22.1 Å². The van der Waals surface area contributed by atoms with E-state index in [1.807, 2.05) is 12.1 Å². The van der Waals surface area contributed by atoms with Crippen molar-refractivity contribution in [3.8, 4) is 0 Å². The Morgan fingerprint density at radius 3 is 2.71 bits per heavy atom. The largest absolute Gasteiger partial charge is 0.397 e. The molecule has 0 aliphatic carbocycles. The highest BCUT2D eigenvalue weighted by Gasteiger charge is 2.13. The molecule has 0 saturated carbocycles. The van der Waals surface area contributed by atoms with E-state index >= 15 is 0 Å². The quantitative estimate of drug-likeness (QED) is 0.721. The molecule has 14 heavy (non-hydrogen) atoms. The summed E-state index contributed by atoms with van der Waals surface area (Å²) in [4.78, 5) is 2.20. The van der Waals surface area contributed by atoms with Gasteiger partial charge < -0.3 is 15.4 Å². The van der Waals surface area contributed by atoms with Crippen LogP contribution in [-0.2, 0) is 4.74 Å². The van der Waals surface area contributed by atoms with Crippen molar-refractivity contribution in [3.63, 3.8) is 0 Å². The third-order valence-electron chi connectivity index (χ3n) is 2.34. The van der Waals surface area contributed by atoms with Crippen LogP contribution in [0.2, 0.25) is 5.02 Å². The summed E-state index contributed by atoms with van der Waals surface area (Å²) in [5, 5.41) is 0.723. The van der Waals surface area contributed by atoms with E-state index in [1.165, 1.54) is 0 Å². The molecule has 1 aliphatic rings. The van der Waals surface area contributed by atoms with E-state index in [9.17, 15) is 0 Å². The molecule has 0 bridgehead atoms. The van der Waals surface area contributed by atoms with Gasteiger partial charge in [-0.15, -0.1) is 0 Å². The third-order valence-corrected chi connectivity index (χ3v) is 2.58. The average Bonchev–Trinajstić information content (AvgIpc) is 2.23. The van der Waals surface area contributed by atoms with Crippen LogP contribution >= 0.6 is 11.6 Å². The fourth-order valence-electron chi connectivity index (χ4n) is 1.59. The molecular formula is C10H13ClN2O. The van der Waals surface area contributed by atoms with Crippen LogP contribution in [0.25, 0.3) is 0 Å². The second-order valence-electron chi connectivity index (χ2n) is 3.30. The average molecular weight is 213 g/mol. The number of nitrogens with two attached hydrogens (primary N) is 1. The number of nitrogens with zero attached hydrogens (tertiary/aromatic N) is 1. The van der Waals surface area contributed by atoms with Crippen LogP contribution in [0, 0.1) is 0 Å². The van der Waals surface area contributed by atoms with Crippen LogP contribution in [-0.4, -0.2) is 26.3 Å². The van der Waals surface area contributed by atoms with Crippen molar-refractivity contribution in [3.05, 3.63) is 23.2 Å². The zero-order valence-electron chi connectivity index (χ0n) is 7.87. The maximum Gasteiger partial charge on any atom is 0.0642 e. The van der Waals surface area contributed by atoms with Crippen molar-refractivity contribution in [2.75, 3.05) is 36.9 Å². The summed E-state index contributed by atoms with van der Waals surface area (Å²) in [5.41, 5.74) is 7.67. The Morgan fingerprint density at radius 2 is 2.00 bits per heavy atom. The standard InChI is InChI=1S/C10H13ClN2O/c11-8-1-2-9(12)10(7-8)13-3-5-14-6-4-13/h1-2,7H,3-6,12H2. The number of rotatable bonds is 1. The lowest BCUT2D eigenvalue weighted by Gasteiger charge is -2.29. The lowest BCUT2D eigenvalue weighted by molar-refractivity contribution is 0.123. The number of ether oxygens (including phenoxy) is 1. The SMILES string of the molecule is Nc1ccc(Cl)cc1N1CCOCC1. The smallest absolute Gasteiger partial charge is 0.0642 e. The minimum atomic E-state index is 0.723. The summed E-state index contributed by atoms with van der Waals surface area (Å²) >= 11 is 5.92. The van der Waals surface area contributed by atoms with Gasteiger partial charge in [0.05, 0.1) is 24.6 Å². The van der Waals surface area contributed by atoms with Crippen LogP contribution in [0.4, 0.5) is 11.4 Å². The van der Waals surface area contributed by atoms with E-state index in [0.29, 0.717) is 0 Å². The number of morpholine rings is 1. The van der Waals surface area contributed by atoms with E-state index in [2.05, 4.69) is 4.90 Å². The first-order valence-corrected chi connectivity index (χ1v) is 5.03. The van der Waals surface area contributed by atoms with E-state index in [1.54, 1.807) is 6.07 Å². The number of halogens is 1. The molecule has 1 heterocycles. The third kappa shape index (κ3) is 1.94. The van der Waals surface area contributed by atoms with Gasteiger partial charge in [-0.3, -0.25) is 0 Å². The summed E-state index contributed by atoms with van der Waals surface area (Å²) in [7, 11) is 0. The Hall–Kier alpha value is -0.930. The number of hydrogen-bond acceptors (Lipinski definition) is 3. The monoisotopic (exact) mass is 212 g/mol. The van der Waals surface area contributed by atoms with Gasteiger partial charge >= 0.3 is 0 Å². The molecule has 1 aromatic carbocycles. The van der Waals surface area contributed by atoms with Gasteiger partial charge in [0.15, 0.2) is 0 Å². The molecule has 4 heteroatoms. The lowest BCUT2D eigenvalue weighted by Crippen LogP contribution is -2.36. The highest BCUT2D eigenvalue weighted by atomic mass is 35.5. The van der Waals surface area contributed by atoms with Crippen LogP contribution in [0.5, 0.6) is 0 Å². The molecule has 1 fully saturated rings. The molecule has 0 radical (unpaired) electrons. The zero-order chi connectivity index (χ0) is 9.97. The summed E-state index contributed by atoms with van der Waals surface area (Å²) in [6.45, 7) is 3.27. The summed E-state index contributed by atoms with van der Waals surface area (Å²) in [6.07, 6.45) is 0. The zero-order valence-corrected chi connectivity index (χ0v) is 8.63. The van der Waals surface area contributed by atoms with Crippen LogP contribution in [0.1, 0.15) is 0 Å². The Kier molecular flexibility index (Phi) is 2.79. The number of hydrogen-bond donors (Lipinski definition) is 1. The molecular weight excluding hydrogens is 200 g/mol.